The molecule has 0 fully saturated rings. The van der Waals surface area contributed by atoms with Gasteiger partial charge in [-0.3, -0.25) is 14.9 Å². The fourth-order valence-corrected chi connectivity index (χ4v) is 0.925. The molecule has 1 N–H and O–H groups in total. The lowest BCUT2D eigenvalue weighted by molar-refractivity contribution is -0.124. The second kappa shape index (κ2) is 5.05. The van der Waals surface area contributed by atoms with Crippen molar-refractivity contribution in [2.45, 2.75) is 5.25 Å². The molecular weight excluding hydrogens is 150 g/mol. The first-order chi connectivity index (χ1) is 4.76. The zero-order valence-corrected chi connectivity index (χ0v) is 6.48. The predicted octanol–water partition coefficient (Wildman–Crippen LogP) is 0.177. The highest BCUT2D eigenvalue weighted by atomic mass is 32.2. The maximum atomic E-state index is 10.8. The maximum Gasteiger partial charge on any atom is 0.243 e. The van der Waals surface area contributed by atoms with E-state index in [2.05, 4.69) is 6.58 Å². The molecule has 0 aromatic rings. The van der Waals surface area contributed by atoms with Crippen LogP contribution in [0.3, 0.4) is 0 Å². The summed E-state index contributed by atoms with van der Waals surface area (Å²) in [4.78, 5) is 20.5. The Kier molecular flexibility index (Phi) is 4.66. The summed E-state index contributed by atoms with van der Waals surface area (Å²) in [5.41, 5.74) is 0. The van der Waals surface area contributed by atoms with Gasteiger partial charge in [-0.1, -0.05) is 6.08 Å². The topological polar surface area (TPSA) is 46.2 Å². The van der Waals surface area contributed by atoms with Crippen molar-refractivity contribution in [3.63, 3.8) is 0 Å². The van der Waals surface area contributed by atoms with Crippen LogP contribution in [0.1, 0.15) is 0 Å². The second-order valence-electron chi connectivity index (χ2n) is 1.52. The average molecular weight is 159 g/mol. The molecule has 1 unspecified atom stereocenters. The second-order valence-corrected chi connectivity index (χ2v) is 2.50. The highest BCUT2D eigenvalue weighted by molar-refractivity contribution is 8.00. The zero-order chi connectivity index (χ0) is 7.98. The number of hydrogen-bond acceptors (Lipinski definition) is 3. The summed E-state index contributed by atoms with van der Waals surface area (Å²) in [6, 6.07) is 0. The molecule has 10 heavy (non-hydrogen) atoms. The van der Waals surface area contributed by atoms with E-state index in [-0.39, 0.29) is 11.2 Å². The Morgan fingerprint density at radius 3 is 2.70 bits per heavy atom. The Balaban J connectivity index is 3.87. The molecule has 4 heteroatoms. The van der Waals surface area contributed by atoms with E-state index < -0.39 is 0 Å². The van der Waals surface area contributed by atoms with Gasteiger partial charge in [0.2, 0.25) is 12.3 Å². The van der Waals surface area contributed by atoms with Crippen molar-refractivity contribution in [1.29, 1.82) is 0 Å². The largest absolute Gasteiger partial charge is 0.298 e. The van der Waals surface area contributed by atoms with Gasteiger partial charge in [-0.25, -0.2) is 0 Å². The third-order valence-corrected chi connectivity index (χ3v) is 1.84. The monoisotopic (exact) mass is 159 g/mol. The van der Waals surface area contributed by atoms with Crippen molar-refractivity contribution < 1.29 is 9.59 Å². The highest BCUT2D eigenvalue weighted by Crippen LogP contribution is 2.05. The summed E-state index contributed by atoms with van der Waals surface area (Å²) >= 11 is 1.33. The van der Waals surface area contributed by atoms with Crippen LogP contribution >= 0.6 is 11.8 Å². The summed E-state index contributed by atoms with van der Waals surface area (Å²) in [5, 5.41) is 1.71. The summed E-state index contributed by atoms with van der Waals surface area (Å²) in [6.45, 7) is 3.44. The minimum atomic E-state index is -0.329. The summed E-state index contributed by atoms with van der Waals surface area (Å²) in [5.74, 6) is -0.322. The lowest BCUT2D eigenvalue weighted by Gasteiger charge is -2.04. The van der Waals surface area contributed by atoms with E-state index in [0.29, 0.717) is 6.41 Å². The molecule has 0 heterocycles. The first-order valence-electron chi connectivity index (χ1n) is 2.65. The van der Waals surface area contributed by atoms with Gasteiger partial charge >= 0.3 is 0 Å². The van der Waals surface area contributed by atoms with E-state index >= 15 is 0 Å². The van der Waals surface area contributed by atoms with Crippen molar-refractivity contribution in [3.8, 4) is 0 Å². The summed E-state index contributed by atoms with van der Waals surface area (Å²) in [7, 11) is 0. The molecule has 0 bridgehead atoms. The molecule has 0 aromatic carbocycles. The number of imide groups is 1. The minimum Gasteiger partial charge on any atom is -0.298 e. The fraction of sp³-hybridized carbons (Fsp3) is 0.333. The van der Waals surface area contributed by atoms with Crippen LogP contribution in [-0.2, 0) is 9.59 Å². The van der Waals surface area contributed by atoms with E-state index in [1.54, 1.807) is 6.26 Å². The number of thioether (sulfide) groups is 1. The van der Waals surface area contributed by atoms with Crippen molar-refractivity contribution in [2.24, 2.45) is 0 Å². The molecule has 2 amide bonds. The molecule has 0 aromatic heterocycles. The number of carbonyl (C=O) groups excluding carboxylic acids is 2. The van der Waals surface area contributed by atoms with Crippen LogP contribution in [0.2, 0.25) is 0 Å². The van der Waals surface area contributed by atoms with E-state index in [1.165, 1.54) is 17.8 Å². The lowest BCUT2D eigenvalue weighted by atomic mass is 10.4. The third kappa shape index (κ3) is 2.68. The van der Waals surface area contributed by atoms with Crippen LogP contribution in [0.15, 0.2) is 12.7 Å². The Bertz CT molecular complexity index is 147. The Morgan fingerprint density at radius 1 is 1.80 bits per heavy atom. The number of hydrogen-bond donors (Lipinski definition) is 1. The van der Waals surface area contributed by atoms with E-state index in [9.17, 15) is 9.59 Å². The Morgan fingerprint density at radius 2 is 2.40 bits per heavy atom. The molecule has 0 radical (unpaired) electrons. The van der Waals surface area contributed by atoms with Gasteiger partial charge in [-0.2, -0.15) is 0 Å². The van der Waals surface area contributed by atoms with E-state index in [1.807, 2.05) is 5.32 Å². The first kappa shape index (κ1) is 9.23. The van der Waals surface area contributed by atoms with Crippen LogP contribution in [-0.4, -0.2) is 23.8 Å². The summed E-state index contributed by atoms with van der Waals surface area (Å²) in [6.07, 6.45) is 3.63. The molecule has 0 saturated heterocycles. The van der Waals surface area contributed by atoms with Crippen molar-refractivity contribution in [2.75, 3.05) is 6.26 Å². The number of amides is 2. The lowest BCUT2D eigenvalue weighted by Crippen LogP contribution is -2.29. The molecule has 0 aliphatic carbocycles. The SMILES string of the molecule is C=CC(SC)C(=O)NC=O. The van der Waals surface area contributed by atoms with Crippen molar-refractivity contribution >= 4 is 24.1 Å². The minimum absolute atomic E-state index is 0.322. The van der Waals surface area contributed by atoms with Gasteiger partial charge in [0.25, 0.3) is 0 Å². The third-order valence-electron chi connectivity index (χ3n) is 0.928. The molecule has 56 valence electrons. The van der Waals surface area contributed by atoms with Crippen LogP contribution in [0, 0.1) is 0 Å². The van der Waals surface area contributed by atoms with Gasteiger partial charge in [0, 0.05) is 0 Å². The van der Waals surface area contributed by atoms with Crippen LogP contribution in [0.25, 0.3) is 0 Å². The van der Waals surface area contributed by atoms with Gasteiger partial charge < -0.3 is 0 Å². The van der Waals surface area contributed by atoms with Crippen LogP contribution in [0.5, 0.6) is 0 Å². The van der Waals surface area contributed by atoms with Crippen LogP contribution < -0.4 is 5.32 Å². The average Bonchev–Trinajstić information content (AvgIpc) is 1.91. The zero-order valence-electron chi connectivity index (χ0n) is 5.66. The number of carbonyl (C=O) groups is 2. The Hall–Kier alpha value is -0.770. The molecule has 0 aliphatic heterocycles. The Labute approximate surface area is 63.9 Å². The number of rotatable bonds is 4. The molecule has 0 saturated carbocycles. The van der Waals surface area contributed by atoms with Gasteiger partial charge in [0.1, 0.15) is 5.25 Å². The highest BCUT2D eigenvalue weighted by Gasteiger charge is 2.10. The van der Waals surface area contributed by atoms with Crippen molar-refractivity contribution in [1.82, 2.24) is 5.32 Å². The van der Waals surface area contributed by atoms with Gasteiger partial charge in [0.05, 0.1) is 0 Å². The van der Waals surface area contributed by atoms with Crippen LogP contribution in [0.4, 0.5) is 0 Å². The summed E-state index contributed by atoms with van der Waals surface area (Å²) < 4.78 is 0. The molecule has 0 aliphatic rings. The predicted molar refractivity (Wildman–Crippen MR) is 41.7 cm³/mol. The van der Waals surface area contributed by atoms with Gasteiger partial charge in [-0.05, 0) is 6.26 Å². The first-order valence-corrected chi connectivity index (χ1v) is 3.94. The molecule has 1 atom stereocenters. The smallest absolute Gasteiger partial charge is 0.243 e. The molecule has 0 rings (SSSR count). The standard InChI is InChI=1S/C6H9NO2S/c1-3-5(10-2)6(9)7-4-8/h3-5H,1H2,2H3,(H,7,8,9). The molecule has 3 nitrogen and oxygen atoms in total. The van der Waals surface area contributed by atoms with E-state index in [4.69, 9.17) is 0 Å². The molecular formula is C6H9NO2S. The normalized spacial score (nSPS) is 11.7. The number of nitrogens with one attached hydrogen (secondary N) is 1. The van der Waals surface area contributed by atoms with Crippen molar-refractivity contribution in [3.05, 3.63) is 12.7 Å². The van der Waals surface area contributed by atoms with Gasteiger partial charge in [-0.15, -0.1) is 18.3 Å². The fourth-order valence-electron chi connectivity index (χ4n) is 0.451. The van der Waals surface area contributed by atoms with Gasteiger partial charge in [0.15, 0.2) is 0 Å². The molecule has 0 spiro atoms. The van der Waals surface area contributed by atoms with E-state index in [0.717, 1.165) is 0 Å². The maximum absolute atomic E-state index is 10.8. The quantitative estimate of drug-likeness (QED) is 0.470.